The van der Waals surface area contributed by atoms with Crippen molar-refractivity contribution in [1.29, 1.82) is 0 Å². The summed E-state index contributed by atoms with van der Waals surface area (Å²) in [4.78, 5) is 16.6. The lowest BCUT2D eigenvalue weighted by Gasteiger charge is -2.13. The third-order valence-corrected chi connectivity index (χ3v) is 3.48. The van der Waals surface area contributed by atoms with E-state index in [4.69, 9.17) is 11.6 Å². The summed E-state index contributed by atoms with van der Waals surface area (Å²) < 4.78 is 0. The Balaban J connectivity index is 2.30. The van der Waals surface area contributed by atoms with Gasteiger partial charge in [-0.2, -0.15) is 0 Å². The van der Waals surface area contributed by atoms with Gasteiger partial charge in [-0.1, -0.05) is 29.8 Å². The van der Waals surface area contributed by atoms with E-state index in [1.54, 1.807) is 6.07 Å². The summed E-state index contributed by atoms with van der Waals surface area (Å²) >= 11 is 6.09. The van der Waals surface area contributed by atoms with E-state index in [2.05, 4.69) is 15.6 Å². The Bertz CT molecular complexity index is 650. The number of hydrogen-bond donors (Lipinski definition) is 2. The van der Waals surface area contributed by atoms with Gasteiger partial charge in [0.05, 0.1) is 10.6 Å². The molecule has 1 amide bonds. The Kier molecular flexibility index (Phi) is 4.81. The van der Waals surface area contributed by atoms with E-state index in [0.717, 1.165) is 23.4 Å². The maximum atomic E-state index is 12.4. The minimum Gasteiger partial charge on any atom is -0.370 e. The van der Waals surface area contributed by atoms with Gasteiger partial charge in [-0.05, 0) is 38.0 Å². The summed E-state index contributed by atoms with van der Waals surface area (Å²) in [5.41, 5.74) is 3.26. The van der Waals surface area contributed by atoms with Crippen molar-refractivity contribution < 1.29 is 4.79 Å². The Morgan fingerprint density at radius 1 is 1.29 bits per heavy atom. The number of benzene rings is 1. The predicted molar refractivity (Wildman–Crippen MR) is 87.3 cm³/mol. The number of halogens is 1. The third-order valence-electron chi connectivity index (χ3n) is 3.18. The zero-order valence-corrected chi connectivity index (χ0v) is 13.1. The van der Waals surface area contributed by atoms with E-state index in [1.165, 1.54) is 6.20 Å². The van der Waals surface area contributed by atoms with Crippen LogP contribution < -0.4 is 10.6 Å². The van der Waals surface area contributed by atoms with Gasteiger partial charge in [0.2, 0.25) is 0 Å². The first-order valence-corrected chi connectivity index (χ1v) is 7.17. The average Bonchev–Trinajstić information content (AvgIpc) is 2.45. The first kappa shape index (κ1) is 15.3. The number of anilines is 2. The molecule has 2 aromatic rings. The normalized spacial score (nSPS) is 10.3. The van der Waals surface area contributed by atoms with Crippen molar-refractivity contribution in [2.45, 2.75) is 20.8 Å². The fourth-order valence-electron chi connectivity index (χ4n) is 2.08. The molecular formula is C16H18ClN3O. The van der Waals surface area contributed by atoms with Gasteiger partial charge in [-0.3, -0.25) is 4.79 Å². The lowest BCUT2D eigenvalue weighted by molar-refractivity contribution is 0.102. The molecule has 0 radical (unpaired) electrons. The summed E-state index contributed by atoms with van der Waals surface area (Å²) in [6.07, 6.45) is 1.49. The minimum atomic E-state index is -0.237. The molecule has 5 heteroatoms. The lowest BCUT2D eigenvalue weighted by atomic mass is 10.1. The average molecular weight is 304 g/mol. The fraction of sp³-hybridized carbons (Fsp3) is 0.250. The lowest BCUT2D eigenvalue weighted by Crippen LogP contribution is -2.15. The Labute approximate surface area is 129 Å². The number of carbonyl (C=O) groups is 1. The van der Waals surface area contributed by atoms with E-state index in [1.807, 2.05) is 39.0 Å². The first-order valence-electron chi connectivity index (χ1n) is 6.80. The van der Waals surface area contributed by atoms with Crippen LogP contribution in [-0.2, 0) is 0 Å². The highest BCUT2D eigenvalue weighted by molar-refractivity contribution is 6.34. The molecule has 0 aliphatic heterocycles. The number of nitrogens with one attached hydrogen (secondary N) is 2. The van der Waals surface area contributed by atoms with Crippen LogP contribution >= 0.6 is 11.6 Å². The molecular weight excluding hydrogens is 286 g/mol. The number of aromatic nitrogens is 1. The van der Waals surface area contributed by atoms with E-state index >= 15 is 0 Å². The number of para-hydroxylation sites is 1. The van der Waals surface area contributed by atoms with Crippen molar-refractivity contribution >= 4 is 29.0 Å². The van der Waals surface area contributed by atoms with Gasteiger partial charge in [0.15, 0.2) is 0 Å². The van der Waals surface area contributed by atoms with Crippen LogP contribution in [0, 0.1) is 13.8 Å². The molecule has 0 atom stereocenters. The van der Waals surface area contributed by atoms with E-state index < -0.39 is 0 Å². The van der Waals surface area contributed by atoms with Gasteiger partial charge < -0.3 is 10.6 Å². The third kappa shape index (κ3) is 3.52. The van der Waals surface area contributed by atoms with Gasteiger partial charge in [0, 0.05) is 18.4 Å². The molecule has 0 unspecified atom stereocenters. The molecule has 2 N–H and O–H groups in total. The van der Waals surface area contributed by atoms with Crippen molar-refractivity contribution in [2.75, 3.05) is 17.2 Å². The van der Waals surface area contributed by atoms with Crippen LogP contribution in [-0.4, -0.2) is 17.4 Å². The molecule has 1 heterocycles. The van der Waals surface area contributed by atoms with Crippen LogP contribution in [0.2, 0.25) is 5.02 Å². The summed E-state index contributed by atoms with van der Waals surface area (Å²) in [6, 6.07) is 7.54. The molecule has 4 nitrogen and oxygen atoms in total. The van der Waals surface area contributed by atoms with Crippen molar-refractivity contribution in [2.24, 2.45) is 0 Å². The molecule has 0 aliphatic rings. The number of hydrogen-bond acceptors (Lipinski definition) is 3. The number of rotatable bonds is 4. The topological polar surface area (TPSA) is 54.0 Å². The molecule has 0 aliphatic carbocycles. The Morgan fingerprint density at radius 2 is 1.95 bits per heavy atom. The molecule has 0 saturated heterocycles. The van der Waals surface area contributed by atoms with Crippen LogP contribution in [0.3, 0.4) is 0 Å². The van der Waals surface area contributed by atoms with E-state index in [9.17, 15) is 4.79 Å². The molecule has 1 aromatic heterocycles. The quantitative estimate of drug-likeness (QED) is 0.896. The monoisotopic (exact) mass is 303 g/mol. The molecule has 21 heavy (non-hydrogen) atoms. The van der Waals surface area contributed by atoms with E-state index in [-0.39, 0.29) is 5.91 Å². The van der Waals surface area contributed by atoms with Gasteiger partial charge in [-0.25, -0.2) is 4.98 Å². The second kappa shape index (κ2) is 6.59. The number of pyridine rings is 1. The second-order valence-electron chi connectivity index (χ2n) is 4.80. The summed E-state index contributed by atoms with van der Waals surface area (Å²) in [5.74, 6) is 0.396. The SMILES string of the molecule is CCNc1cc(C(=O)Nc2c(C)cccc2C)c(Cl)cn1. The van der Waals surface area contributed by atoms with Crippen LogP contribution in [0.15, 0.2) is 30.5 Å². The van der Waals surface area contributed by atoms with Crippen LogP contribution in [0.1, 0.15) is 28.4 Å². The van der Waals surface area contributed by atoms with Gasteiger partial charge in [0.1, 0.15) is 5.82 Å². The molecule has 0 spiro atoms. The Morgan fingerprint density at radius 3 is 2.57 bits per heavy atom. The summed E-state index contributed by atoms with van der Waals surface area (Å²) in [6.45, 7) is 6.61. The predicted octanol–water partition coefficient (Wildman–Crippen LogP) is 4.04. The zero-order valence-electron chi connectivity index (χ0n) is 12.3. The highest BCUT2D eigenvalue weighted by atomic mass is 35.5. The molecule has 0 saturated carbocycles. The van der Waals surface area contributed by atoms with Crippen LogP contribution in [0.25, 0.3) is 0 Å². The summed E-state index contributed by atoms with van der Waals surface area (Å²) in [7, 11) is 0. The summed E-state index contributed by atoms with van der Waals surface area (Å²) in [5, 5.41) is 6.33. The fourth-order valence-corrected chi connectivity index (χ4v) is 2.27. The molecule has 0 fully saturated rings. The van der Waals surface area contributed by atoms with Crippen molar-refractivity contribution in [3.8, 4) is 0 Å². The molecule has 1 aromatic carbocycles. The maximum absolute atomic E-state index is 12.4. The standard InChI is InChI=1S/C16H18ClN3O/c1-4-18-14-8-12(13(17)9-19-14)16(21)20-15-10(2)6-5-7-11(15)3/h5-9H,4H2,1-3H3,(H,18,19)(H,20,21). The smallest absolute Gasteiger partial charge is 0.257 e. The van der Waals surface area contributed by atoms with Crippen LogP contribution in [0.4, 0.5) is 11.5 Å². The number of carbonyl (C=O) groups excluding carboxylic acids is 1. The van der Waals surface area contributed by atoms with Gasteiger partial charge in [0.25, 0.3) is 5.91 Å². The maximum Gasteiger partial charge on any atom is 0.257 e. The Hall–Kier alpha value is -2.07. The van der Waals surface area contributed by atoms with Gasteiger partial charge >= 0.3 is 0 Å². The first-order chi connectivity index (χ1) is 10.0. The number of nitrogens with zero attached hydrogens (tertiary/aromatic N) is 1. The van der Waals surface area contributed by atoms with Crippen molar-refractivity contribution in [3.05, 3.63) is 52.2 Å². The van der Waals surface area contributed by atoms with Crippen molar-refractivity contribution in [3.63, 3.8) is 0 Å². The number of aryl methyl sites for hydroxylation is 2. The van der Waals surface area contributed by atoms with Gasteiger partial charge in [-0.15, -0.1) is 0 Å². The second-order valence-corrected chi connectivity index (χ2v) is 5.21. The molecule has 2 rings (SSSR count). The molecule has 0 bridgehead atoms. The largest absolute Gasteiger partial charge is 0.370 e. The highest BCUT2D eigenvalue weighted by Crippen LogP contribution is 2.23. The molecule has 110 valence electrons. The van der Waals surface area contributed by atoms with Crippen molar-refractivity contribution in [1.82, 2.24) is 4.98 Å². The zero-order chi connectivity index (χ0) is 15.4. The minimum absolute atomic E-state index is 0.237. The number of amides is 1. The van der Waals surface area contributed by atoms with Crippen LogP contribution in [0.5, 0.6) is 0 Å². The highest BCUT2D eigenvalue weighted by Gasteiger charge is 2.14. The van der Waals surface area contributed by atoms with E-state index in [0.29, 0.717) is 16.4 Å².